The number of rotatable bonds is 35. The number of hydrogen-bond donors (Lipinski definition) is 0. The Morgan fingerprint density at radius 2 is 1.36 bits per heavy atom. The molecule has 0 saturated heterocycles. The Kier molecular flexibility index (Phi) is 28.4. The fourth-order valence-corrected chi connectivity index (χ4v) is 13.9. The summed E-state index contributed by atoms with van der Waals surface area (Å²) >= 11 is 0. The number of nitrogens with zero attached hydrogens (tertiary/aromatic N) is 1. The molecule has 0 N–H and O–H groups in total. The molecule has 3 fully saturated rings. The number of carbonyl (C=O) groups excluding carboxylic acids is 3. The average Bonchev–Trinajstić information content (AvgIpc) is 3.70. The van der Waals surface area contributed by atoms with Gasteiger partial charge < -0.3 is 32.6 Å². The van der Waals surface area contributed by atoms with Gasteiger partial charge >= 0.3 is 17.9 Å². The molecule has 4 rings (SSSR count). The molecule has 4 aliphatic carbocycles. The number of unbranched alkanes of at least 4 members (excludes halogenated alkanes) is 14. The largest absolute Gasteiger partial charge is 0.756 e. The van der Waals surface area contributed by atoms with Crippen LogP contribution < -0.4 is 4.89 Å². The van der Waals surface area contributed by atoms with Crippen molar-refractivity contribution in [2.45, 2.75) is 246 Å². The van der Waals surface area contributed by atoms with E-state index in [9.17, 15) is 23.8 Å². The molecule has 422 valence electrons. The Balaban J connectivity index is 1.15. The quantitative estimate of drug-likeness (QED) is 0.0115. The van der Waals surface area contributed by atoms with Gasteiger partial charge in [0.05, 0.1) is 40.6 Å². The zero-order chi connectivity index (χ0) is 54.0. The number of phosphoric ester groups is 1. The Morgan fingerprint density at radius 3 is 2.01 bits per heavy atom. The first kappa shape index (κ1) is 63.9. The molecule has 0 bridgehead atoms. The number of esters is 3. The molecule has 3 saturated carbocycles. The topological polar surface area (TPSA) is 137 Å². The predicted molar refractivity (Wildman–Crippen MR) is 295 cm³/mol. The van der Waals surface area contributed by atoms with Gasteiger partial charge in [0.2, 0.25) is 0 Å². The summed E-state index contributed by atoms with van der Waals surface area (Å²) in [5.74, 6) is 15.2. The van der Waals surface area contributed by atoms with Crippen LogP contribution >= 0.6 is 7.82 Å². The van der Waals surface area contributed by atoms with Gasteiger partial charge in [-0.25, -0.2) is 0 Å². The fraction of sp³-hybridized carbons (Fsp3) is 0.855. The fourth-order valence-electron chi connectivity index (χ4n) is 13.2. The molecule has 0 aliphatic heterocycles. The van der Waals surface area contributed by atoms with Crippen molar-refractivity contribution in [1.82, 2.24) is 0 Å². The van der Waals surface area contributed by atoms with Crippen LogP contribution in [0.3, 0.4) is 0 Å². The monoisotopic (exact) mass is 1050 g/mol. The van der Waals surface area contributed by atoms with Crippen LogP contribution in [-0.2, 0) is 42.2 Å². The van der Waals surface area contributed by atoms with E-state index < -0.39 is 45.0 Å². The van der Waals surface area contributed by atoms with Crippen LogP contribution in [0.2, 0.25) is 0 Å². The average molecular weight is 1050 g/mol. The lowest BCUT2D eigenvalue weighted by Gasteiger charge is -2.58. The number of likely N-dealkylation sites (N-methyl/N-ethyl adjacent to an activating group) is 1. The maximum absolute atomic E-state index is 13.2. The normalized spacial score (nSPS) is 25.9. The second kappa shape index (κ2) is 32.9. The van der Waals surface area contributed by atoms with Crippen molar-refractivity contribution in [3.63, 3.8) is 0 Å². The number of hydrogen-bond acceptors (Lipinski definition) is 10. The number of quaternary nitrogens is 1. The first-order chi connectivity index (χ1) is 35.3. The predicted octanol–water partition coefficient (Wildman–Crippen LogP) is 14.0. The van der Waals surface area contributed by atoms with E-state index in [2.05, 4.69) is 71.3 Å². The molecule has 10 atom stereocenters. The first-order valence-electron chi connectivity index (χ1n) is 29.9. The van der Waals surface area contributed by atoms with Crippen molar-refractivity contribution in [2.75, 3.05) is 47.5 Å². The van der Waals surface area contributed by atoms with Crippen molar-refractivity contribution in [3.05, 3.63) is 11.6 Å². The molecule has 0 aromatic heterocycles. The summed E-state index contributed by atoms with van der Waals surface area (Å²) < 4.78 is 40.2. The molecule has 0 heterocycles. The minimum atomic E-state index is -4.74. The molecule has 74 heavy (non-hydrogen) atoms. The van der Waals surface area contributed by atoms with E-state index in [1.54, 1.807) is 0 Å². The Bertz CT molecular complexity index is 1900. The molecule has 0 aromatic carbocycles. The van der Waals surface area contributed by atoms with Gasteiger partial charge in [-0.15, -0.1) is 0 Å². The molecule has 12 heteroatoms. The van der Waals surface area contributed by atoms with Crippen LogP contribution in [0, 0.1) is 70.0 Å². The zero-order valence-corrected chi connectivity index (χ0v) is 49.1. The van der Waals surface area contributed by atoms with Crippen molar-refractivity contribution in [1.29, 1.82) is 0 Å². The van der Waals surface area contributed by atoms with E-state index in [4.69, 9.17) is 23.3 Å². The zero-order valence-electron chi connectivity index (χ0n) is 48.2. The number of carbonyl (C=O) groups is 3. The summed E-state index contributed by atoms with van der Waals surface area (Å²) in [7, 11) is 0.993. The van der Waals surface area contributed by atoms with Crippen LogP contribution in [0.25, 0.3) is 0 Å². The highest BCUT2D eigenvalue weighted by molar-refractivity contribution is 7.45. The van der Waals surface area contributed by atoms with Gasteiger partial charge in [-0.3, -0.25) is 18.9 Å². The summed E-state index contributed by atoms with van der Waals surface area (Å²) in [6, 6.07) is 0. The second-order valence-electron chi connectivity index (χ2n) is 25.0. The minimum Gasteiger partial charge on any atom is -0.756 e. The van der Waals surface area contributed by atoms with Gasteiger partial charge in [-0.1, -0.05) is 155 Å². The van der Waals surface area contributed by atoms with Crippen LogP contribution in [0.5, 0.6) is 0 Å². The molecular formula is C62H104NO10P. The van der Waals surface area contributed by atoms with E-state index in [1.807, 2.05) is 21.1 Å². The Hall–Kier alpha value is -2.66. The lowest BCUT2D eigenvalue weighted by molar-refractivity contribution is -0.870. The molecule has 0 amide bonds. The second-order valence-corrected chi connectivity index (χ2v) is 26.4. The van der Waals surface area contributed by atoms with Gasteiger partial charge in [0.25, 0.3) is 7.82 Å². The highest BCUT2D eigenvalue weighted by atomic mass is 31.2. The third kappa shape index (κ3) is 22.7. The molecule has 2 unspecified atom stereocenters. The molecule has 4 aliphatic rings. The maximum Gasteiger partial charge on any atom is 0.306 e. The molecule has 11 nitrogen and oxygen atoms in total. The lowest BCUT2D eigenvalue weighted by atomic mass is 9.47. The van der Waals surface area contributed by atoms with Gasteiger partial charge in [-0.05, 0) is 122 Å². The molecule has 0 radical (unpaired) electrons. The number of phosphoric acid groups is 1. The highest BCUT2D eigenvalue weighted by Gasteiger charge is 2.59. The van der Waals surface area contributed by atoms with E-state index >= 15 is 0 Å². The van der Waals surface area contributed by atoms with E-state index in [0.29, 0.717) is 28.8 Å². The summed E-state index contributed by atoms with van der Waals surface area (Å²) in [4.78, 5) is 51.6. The standard InChI is InChI=1S/C62H104NO10P/c1-10-11-12-13-14-15-16-17-18-19-20-21-22-23-24-25-26-27-28-29-33-59(65)73-53(48-71-74(67,68)70-45-44-63(7,8)9)47-69-58(64)38-39-60(66)72-52-40-42-61(5)51(46-52)34-35-54-56-37-36-55(50(4)32-30-31-49(2)3)62(56,6)43-41-57(54)61/h34,49-50,52-57H,10-18,23-33,35-48H2,1-9H3/t50-,52+,53?,54+,55-,56+,57+,61+,62-/m1/s1. The molecule has 0 spiro atoms. The van der Waals surface area contributed by atoms with E-state index in [-0.39, 0.29) is 37.4 Å². The van der Waals surface area contributed by atoms with Crippen molar-refractivity contribution in [2.24, 2.45) is 46.3 Å². The van der Waals surface area contributed by atoms with Gasteiger partial charge in [0.1, 0.15) is 25.9 Å². The van der Waals surface area contributed by atoms with Gasteiger partial charge in [0.15, 0.2) is 6.10 Å². The van der Waals surface area contributed by atoms with Gasteiger partial charge in [-0.2, -0.15) is 0 Å². The Morgan fingerprint density at radius 1 is 0.730 bits per heavy atom. The minimum absolute atomic E-state index is 0.0845. The third-order valence-corrected chi connectivity index (χ3v) is 18.5. The maximum atomic E-state index is 13.2. The van der Waals surface area contributed by atoms with Crippen LogP contribution in [0.4, 0.5) is 0 Å². The van der Waals surface area contributed by atoms with Crippen molar-refractivity contribution < 1.29 is 51.6 Å². The summed E-state index contributed by atoms with van der Waals surface area (Å²) in [6.07, 6.45) is 31.6. The summed E-state index contributed by atoms with van der Waals surface area (Å²) in [5, 5.41) is 0. The number of ether oxygens (including phenoxy) is 3. The SMILES string of the molecule is CCCCCCCCCCC#CC#CCCCCCCCCC(=O)OC(COC(=O)CCC(=O)O[C@H]1CC[C@@]2(C)C(=CC[C@H]3[C@@H]4CC[C@H]([C@H](C)CCCC(C)C)[C@@]4(C)CC[C@@H]32)C1)COP(=O)([O-])OCC[N+](C)(C)C. The van der Waals surface area contributed by atoms with Gasteiger partial charge in [0, 0.05) is 25.7 Å². The summed E-state index contributed by atoms with van der Waals surface area (Å²) in [6.45, 7) is 13.9. The number of fused-ring (bicyclic) bond motifs is 5. The lowest BCUT2D eigenvalue weighted by Crippen LogP contribution is -2.51. The van der Waals surface area contributed by atoms with Crippen molar-refractivity contribution >= 4 is 25.7 Å². The number of allylic oxidation sites excluding steroid dienone is 1. The van der Waals surface area contributed by atoms with Crippen LogP contribution in [0.15, 0.2) is 11.6 Å². The first-order valence-corrected chi connectivity index (χ1v) is 31.3. The molecular weight excluding hydrogens is 950 g/mol. The van der Waals surface area contributed by atoms with Crippen LogP contribution in [0.1, 0.15) is 234 Å². The Labute approximate surface area is 451 Å². The third-order valence-electron chi connectivity index (χ3n) is 17.6. The van der Waals surface area contributed by atoms with E-state index in [1.165, 1.54) is 95.5 Å². The van der Waals surface area contributed by atoms with Crippen molar-refractivity contribution in [3.8, 4) is 23.7 Å². The van der Waals surface area contributed by atoms with Crippen LogP contribution in [-0.4, -0.2) is 82.1 Å². The summed E-state index contributed by atoms with van der Waals surface area (Å²) in [5.41, 5.74) is 2.02. The highest BCUT2D eigenvalue weighted by Crippen LogP contribution is 2.67. The van der Waals surface area contributed by atoms with E-state index in [0.717, 1.165) is 107 Å². The molecule has 0 aromatic rings. The smallest absolute Gasteiger partial charge is 0.306 e.